The standard InChI is InChI=1S/C12H16ClNOS/c13-10-4-3-5-11(8-10)16-9-12(15)14-6-1-2-7-14/h3-5,8,12,15H,1-2,6-7,9H2. The Kier molecular flexibility index (Phi) is 4.53. The van der Waals surface area contributed by atoms with Crippen LogP contribution in [0.25, 0.3) is 0 Å². The fraction of sp³-hybridized carbons (Fsp3) is 0.500. The highest BCUT2D eigenvalue weighted by molar-refractivity contribution is 7.99. The maximum Gasteiger partial charge on any atom is 0.116 e. The molecule has 1 fully saturated rings. The van der Waals surface area contributed by atoms with Gasteiger partial charge < -0.3 is 5.11 Å². The first kappa shape index (κ1) is 12.2. The number of nitrogens with zero attached hydrogens (tertiary/aromatic N) is 1. The van der Waals surface area contributed by atoms with Gasteiger partial charge in [0.05, 0.1) is 0 Å². The molecule has 1 aromatic carbocycles. The lowest BCUT2D eigenvalue weighted by Crippen LogP contribution is -2.34. The number of rotatable bonds is 4. The van der Waals surface area contributed by atoms with Crippen molar-refractivity contribution in [3.05, 3.63) is 29.3 Å². The highest BCUT2D eigenvalue weighted by Crippen LogP contribution is 2.23. The summed E-state index contributed by atoms with van der Waals surface area (Å²) in [5.74, 6) is 0.709. The first-order valence-electron chi connectivity index (χ1n) is 5.56. The third kappa shape index (κ3) is 3.39. The van der Waals surface area contributed by atoms with Crippen molar-refractivity contribution in [2.45, 2.75) is 24.0 Å². The molecule has 1 heterocycles. The molecule has 1 aromatic rings. The lowest BCUT2D eigenvalue weighted by atomic mass is 10.4. The Bertz CT molecular complexity index is 342. The first-order valence-corrected chi connectivity index (χ1v) is 6.92. The topological polar surface area (TPSA) is 23.5 Å². The van der Waals surface area contributed by atoms with Gasteiger partial charge in [0, 0.05) is 28.8 Å². The van der Waals surface area contributed by atoms with Crippen LogP contribution in [0.4, 0.5) is 0 Å². The van der Waals surface area contributed by atoms with E-state index in [9.17, 15) is 5.11 Å². The van der Waals surface area contributed by atoms with E-state index >= 15 is 0 Å². The monoisotopic (exact) mass is 257 g/mol. The highest BCUT2D eigenvalue weighted by atomic mass is 35.5. The second-order valence-electron chi connectivity index (χ2n) is 3.99. The van der Waals surface area contributed by atoms with E-state index in [2.05, 4.69) is 4.90 Å². The van der Waals surface area contributed by atoms with Gasteiger partial charge in [-0.05, 0) is 31.0 Å². The zero-order valence-electron chi connectivity index (χ0n) is 9.10. The lowest BCUT2D eigenvalue weighted by Gasteiger charge is -2.21. The van der Waals surface area contributed by atoms with Crippen LogP contribution in [0.15, 0.2) is 29.2 Å². The molecule has 1 atom stereocenters. The molecule has 0 spiro atoms. The molecule has 1 aliphatic heterocycles. The van der Waals surface area contributed by atoms with E-state index in [1.54, 1.807) is 11.8 Å². The minimum absolute atomic E-state index is 0.327. The average Bonchev–Trinajstić information content (AvgIpc) is 2.79. The zero-order chi connectivity index (χ0) is 11.4. The number of thioether (sulfide) groups is 1. The summed E-state index contributed by atoms with van der Waals surface area (Å²) in [5, 5.41) is 10.7. The predicted molar refractivity (Wildman–Crippen MR) is 69.0 cm³/mol. The molecule has 2 nitrogen and oxygen atoms in total. The second-order valence-corrected chi connectivity index (χ2v) is 5.52. The second kappa shape index (κ2) is 5.92. The summed E-state index contributed by atoms with van der Waals surface area (Å²) < 4.78 is 0. The molecular weight excluding hydrogens is 242 g/mol. The smallest absolute Gasteiger partial charge is 0.116 e. The quantitative estimate of drug-likeness (QED) is 0.839. The zero-order valence-corrected chi connectivity index (χ0v) is 10.7. The van der Waals surface area contributed by atoms with E-state index in [1.807, 2.05) is 24.3 Å². The molecule has 0 aromatic heterocycles. The summed E-state index contributed by atoms with van der Waals surface area (Å²) >= 11 is 7.55. The largest absolute Gasteiger partial charge is 0.377 e. The van der Waals surface area contributed by atoms with Gasteiger partial charge in [-0.25, -0.2) is 0 Å². The Morgan fingerprint density at radius 3 is 2.81 bits per heavy atom. The van der Waals surface area contributed by atoms with E-state index in [-0.39, 0.29) is 6.23 Å². The van der Waals surface area contributed by atoms with Crippen LogP contribution in [0, 0.1) is 0 Å². The number of likely N-dealkylation sites (tertiary alicyclic amines) is 1. The van der Waals surface area contributed by atoms with Gasteiger partial charge in [0.15, 0.2) is 0 Å². The van der Waals surface area contributed by atoms with Crippen molar-refractivity contribution < 1.29 is 5.11 Å². The van der Waals surface area contributed by atoms with Crippen molar-refractivity contribution >= 4 is 23.4 Å². The van der Waals surface area contributed by atoms with Crippen molar-refractivity contribution in [1.82, 2.24) is 4.90 Å². The molecule has 1 unspecified atom stereocenters. The molecule has 0 radical (unpaired) electrons. The van der Waals surface area contributed by atoms with Crippen LogP contribution in [-0.2, 0) is 0 Å². The molecule has 4 heteroatoms. The van der Waals surface area contributed by atoms with Crippen LogP contribution >= 0.6 is 23.4 Å². The van der Waals surface area contributed by atoms with Crippen LogP contribution in [0.3, 0.4) is 0 Å². The van der Waals surface area contributed by atoms with Gasteiger partial charge in [-0.3, -0.25) is 4.90 Å². The summed E-state index contributed by atoms with van der Waals surface area (Å²) in [5.41, 5.74) is 0. The molecule has 88 valence electrons. The Balaban J connectivity index is 1.82. The predicted octanol–water partition coefficient (Wildman–Crippen LogP) is 2.85. The van der Waals surface area contributed by atoms with E-state index in [0.29, 0.717) is 5.75 Å². The van der Waals surface area contributed by atoms with Crippen LogP contribution in [0.1, 0.15) is 12.8 Å². The fourth-order valence-electron chi connectivity index (χ4n) is 1.87. The van der Waals surface area contributed by atoms with Gasteiger partial charge in [-0.1, -0.05) is 17.7 Å². The van der Waals surface area contributed by atoms with Crippen molar-refractivity contribution in [2.75, 3.05) is 18.8 Å². The fourth-order valence-corrected chi connectivity index (χ4v) is 3.07. The van der Waals surface area contributed by atoms with Crippen molar-refractivity contribution in [3.8, 4) is 0 Å². The molecule has 1 aliphatic rings. The van der Waals surface area contributed by atoms with Crippen molar-refractivity contribution in [3.63, 3.8) is 0 Å². The molecule has 2 rings (SSSR count). The van der Waals surface area contributed by atoms with Crippen molar-refractivity contribution in [2.24, 2.45) is 0 Å². The number of aliphatic hydroxyl groups excluding tert-OH is 1. The Morgan fingerprint density at radius 2 is 2.12 bits per heavy atom. The highest BCUT2D eigenvalue weighted by Gasteiger charge is 2.19. The number of aliphatic hydroxyl groups is 1. The minimum atomic E-state index is -0.327. The van der Waals surface area contributed by atoms with Gasteiger partial charge in [0.25, 0.3) is 0 Å². The summed E-state index contributed by atoms with van der Waals surface area (Å²) in [6, 6.07) is 7.76. The third-order valence-corrected chi connectivity index (χ3v) is 4.04. The molecule has 0 saturated carbocycles. The third-order valence-electron chi connectivity index (χ3n) is 2.76. The Morgan fingerprint density at radius 1 is 1.38 bits per heavy atom. The van der Waals surface area contributed by atoms with E-state index in [0.717, 1.165) is 23.0 Å². The molecule has 0 bridgehead atoms. The summed E-state index contributed by atoms with van der Waals surface area (Å²) in [6.45, 7) is 2.05. The Labute approximate surface area is 106 Å². The SMILES string of the molecule is OC(CSc1cccc(Cl)c1)N1CCCC1. The molecular formula is C12H16ClNOS. The maximum atomic E-state index is 9.95. The number of hydrogen-bond acceptors (Lipinski definition) is 3. The van der Waals surface area contributed by atoms with E-state index in [4.69, 9.17) is 11.6 Å². The van der Waals surface area contributed by atoms with Gasteiger partial charge in [0.2, 0.25) is 0 Å². The summed E-state index contributed by atoms with van der Waals surface area (Å²) in [7, 11) is 0. The van der Waals surface area contributed by atoms with Crippen LogP contribution in [0.2, 0.25) is 5.02 Å². The average molecular weight is 258 g/mol. The molecule has 1 N–H and O–H groups in total. The molecule has 0 aliphatic carbocycles. The normalized spacial score (nSPS) is 18.9. The first-order chi connectivity index (χ1) is 7.75. The lowest BCUT2D eigenvalue weighted by molar-refractivity contribution is 0.0409. The molecule has 16 heavy (non-hydrogen) atoms. The number of hydrogen-bond donors (Lipinski definition) is 1. The Hall–Kier alpha value is -0.220. The molecule has 0 amide bonds. The minimum Gasteiger partial charge on any atom is -0.377 e. The number of benzene rings is 1. The summed E-state index contributed by atoms with van der Waals surface area (Å²) in [4.78, 5) is 3.25. The van der Waals surface area contributed by atoms with Gasteiger partial charge in [0.1, 0.15) is 6.23 Å². The van der Waals surface area contributed by atoms with Gasteiger partial charge in [-0.2, -0.15) is 0 Å². The van der Waals surface area contributed by atoms with E-state index in [1.165, 1.54) is 12.8 Å². The van der Waals surface area contributed by atoms with Crippen LogP contribution < -0.4 is 0 Å². The summed E-state index contributed by atoms with van der Waals surface area (Å²) in [6.07, 6.45) is 2.09. The van der Waals surface area contributed by atoms with E-state index < -0.39 is 0 Å². The van der Waals surface area contributed by atoms with Gasteiger partial charge in [-0.15, -0.1) is 11.8 Å². The number of halogens is 1. The van der Waals surface area contributed by atoms with Crippen molar-refractivity contribution in [1.29, 1.82) is 0 Å². The van der Waals surface area contributed by atoms with Gasteiger partial charge >= 0.3 is 0 Å². The molecule has 1 saturated heterocycles. The van der Waals surface area contributed by atoms with Crippen LogP contribution in [-0.4, -0.2) is 35.1 Å². The maximum absolute atomic E-state index is 9.95. The van der Waals surface area contributed by atoms with Crippen LogP contribution in [0.5, 0.6) is 0 Å².